The highest BCUT2D eigenvalue weighted by Gasteiger charge is 2.17. The minimum atomic E-state index is 0.169. The highest BCUT2D eigenvalue weighted by Crippen LogP contribution is 2.17. The van der Waals surface area contributed by atoms with Crippen LogP contribution in [-0.4, -0.2) is 45.1 Å². The molecule has 0 radical (unpaired) electrons. The molecule has 2 aromatic rings. The first kappa shape index (κ1) is 18.1. The van der Waals surface area contributed by atoms with Crippen molar-refractivity contribution >= 4 is 5.96 Å². The second-order valence-electron chi connectivity index (χ2n) is 5.96. The van der Waals surface area contributed by atoms with Crippen molar-refractivity contribution in [1.29, 1.82) is 0 Å². The second kappa shape index (κ2) is 9.78. The molecule has 0 aliphatic rings. The quantitative estimate of drug-likeness (QED) is 0.444. The lowest BCUT2D eigenvalue weighted by atomic mass is 10.1. The molecule has 0 aliphatic carbocycles. The summed E-state index contributed by atoms with van der Waals surface area (Å²) in [5.41, 5.74) is 1.37. The number of aryl methyl sites for hydroxylation is 1. The van der Waals surface area contributed by atoms with Crippen LogP contribution in [0.3, 0.4) is 0 Å². The van der Waals surface area contributed by atoms with E-state index < -0.39 is 0 Å². The average molecular weight is 328 g/mol. The van der Waals surface area contributed by atoms with Gasteiger partial charge < -0.3 is 15.1 Å². The maximum Gasteiger partial charge on any atom is 0.191 e. The van der Waals surface area contributed by atoms with E-state index in [0.717, 1.165) is 37.7 Å². The van der Waals surface area contributed by atoms with Crippen molar-refractivity contribution in [3.8, 4) is 0 Å². The predicted molar refractivity (Wildman–Crippen MR) is 99.3 cm³/mol. The number of aliphatic imine (C=N–C) groups is 1. The highest BCUT2D eigenvalue weighted by atomic mass is 16.3. The minimum Gasteiger partial charge on any atom is -0.468 e. The molecule has 0 saturated carbocycles. The van der Waals surface area contributed by atoms with Gasteiger partial charge >= 0.3 is 0 Å². The Morgan fingerprint density at radius 3 is 2.54 bits per heavy atom. The van der Waals surface area contributed by atoms with Crippen molar-refractivity contribution in [2.24, 2.45) is 4.99 Å². The van der Waals surface area contributed by atoms with E-state index in [1.165, 1.54) is 5.56 Å². The van der Waals surface area contributed by atoms with Crippen molar-refractivity contribution in [1.82, 2.24) is 15.5 Å². The third-order valence-electron chi connectivity index (χ3n) is 3.96. The fourth-order valence-electron chi connectivity index (χ4n) is 2.58. The van der Waals surface area contributed by atoms with Crippen LogP contribution in [0.1, 0.15) is 23.8 Å². The van der Waals surface area contributed by atoms with Crippen LogP contribution in [0, 0.1) is 0 Å². The monoisotopic (exact) mass is 328 g/mol. The van der Waals surface area contributed by atoms with Gasteiger partial charge in [0, 0.05) is 20.1 Å². The molecule has 1 heterocycles. The molecule has 0 bridgehead atoms. The van der Waals surface area contributed by atoms with E-state index in [9.17, 15) is 0 Å². The second-order valence-corrected chi connectivity index (χ2v) is 5.96. The number of nitrogens with zero attached hydrogens (tertiary/aromatic N) is 2. The largest absolute Gasteiger partial charge is 0.468 e. The summed E-state index contributed by atoms with van der Waals surface area (Å²) >= 11 is 0. The summed E-state index contributed by atoms with van der Waals surface area (Å²) in [6, 6.07) is 14.6. The zero-order valence-corrected chi connectivity index (χ0v) is 14.8. The van der Waals surface area contributed by atoms with Crippen LogP contribution in [0.2, 0.25) is 0 Å². The lowest BCUT2D eigenvalue weighted by Crippen LogP contribution is -2.42. The van der Waals surface area contributed by atoms with Crippen molar-refractivity contribution in [3.05, 3.63) is 60.1 Å². The Kier molecular flexibility index (Phi) is 7.36. The number of hydrogen-bond donors (Lipinski definition) is 2. The number of hydrogen-bond acceptors (Lipinski definition) is 3. The van der Waals surface area contributed by atoms with Crippen LogP contribution >= 0.6 is 0 Å². The standard InChI is InChI=1S/C19H28N4O/c1-20-19(21-13-7-11-16-9-5-4-6-10-16)22-15-17(23(2)3)18-12-8-14-24-18/h4-6,8-10,12,14,17H,7,11,13,15H2,1-3H3,(H2,20,21,22). The van der Waals surface area contributed by atoms with Gasteiger partial charge in [0.25, 0.3) is 0 Å². The maximum absolute atomic E-state index is 5.53. The van der Waals surface area contributed by atoms with Crippen molar-refractivity contribution < 1.29 is 4.42 Å². The van der Waals surface area contributed by atoms with Crippen LogP contribution in [-0.2, 0) is 6.42 Å². The molecule has 1 aromatic carbocycles. The third kappa shape index (κ3) is 5.74. The molecular formula is C19H28N4O. The van der Waals surface area contributed by atoms with Crippen LogP contribution in [0.15, 0.2) is 58.1 Å². The SMILES string of the molecule is CN=C(NCCCc1ccccc1)NCC(c1ccco1)N(C)C. The summed E-state index contributed by atoms with van der Waals surface area (Å²) in [6.45, 7) is 1.63. The summed E-state index contributed by atoms with van der Waals surface area (Å²) in [6.07, 6.45) is 3.85. The van der Waals surface area contributed by atoms with E-state index in [1.54, 1.807) is 13.3 Å². The summed E-state index contributed by atoms with van der Waals surface area (Å²) in [5.74, 6) is 1.77. The van der Waals surface area contributed by atoms with Crippen LogP contribution in [0.25, 0.3) is 0 Å². The molecule has 0 saturated heterocycles. The summed E-state index contributed by atoms with van der Waals surface area (Å²) < 4.78 is 5.53. The van der Waals surface area contributed by atoms with Gasteiger partial charge in [0.1, 0.15) is 5.76 Å². The van der Waals surface area contributed by atoms with E-state index in [0.29, 0.717) is 0 Å². The van der Waals surface area contributed by atoms with Gasteiger partial charge in [0.05, 0.1) is 12.3 Å². The first-order valence-electron chi connectivity index (χ1n) is 8.39. The molecule has 2 rings (SSSR count). The van der Waals surface area contributed by atoms with E-state index in [-0.39, 0.29) is 6.04 Å². The molecule has 0 amide bonds. The molecule has 5 nitrogen and oxygen atoms in total. The van der Waals surface area contributed by atoms with E-state index in [1.807, 2.05) is 32.3 Å². The molecule has 1 aromatic heterocycles. The Labute approximate surface area is 144 Å². The van der Waals surface area contributed by atoms with Gasteiger partial charge in [0.2, 0.25) is 0 Å². The molecule has 0 fully saturated rings. The topological polar surface area (TPSA) is 52.8 Å². The fourth-order valence-corrected chi connectivity index (χ4v) is 2.58. The van der Waals surface area contributed by atoms with Crippen LogP contribution in [0.5, 0.6) is 0 Å². The molecule has 24 heavy (non-hydrogen) atoms. The lowest BCUT2D eigenvalue weighted by Gasteiger charge is -2.23. The fraction of sp³-hybridized carbons (Fsp3) is 0.421. The van der Waals surface area contributed by atoms with Crippen molar-refractivity contribution in [3.63, 3.8) is 0 Å². The third-order valence-corrected chi connectivity index (χ3v) is 3.96. The first-order valence-corrected chi connectivity index (χ1v) is 8.39. The molecular weight excluding hydrogens is 300 g/mol. The highest BCUT2D eigenvalue weighted by molar-refractivity contribution is 5.79. The Balaban J connectivity index is 1.73. The van der Waals surface area contributed by atoms with Gasteiger partial charge in [0.15, 0.2) is 5.96 Å². The average Bonchev–Trinajstić information content (AvgIpc) is 3.12. The zero-order chi connectivity index (χ0) is 17.2. The molecule has 1 unspecified atom stereocenters. The van der Waals surface area contributed by atoms with Gasteiger partial charge in [-0.05, 0) is 44.6 Å². The molecule has 2 N–H and O–H groups in total. The summed E-state index contributed by atoms with van der Waals surface area (Å²) in [4.78, 5) is 6.42. The van der Waals surface area contributed by atoms with Crippen molar-refractivity contribution in [2.75, 3.05) is 34.2 Å². The minimum absolute atomic E-state index is 0.169. The Hall–Kier alpha value is -2.27. The molecule has 5 heteroatoms. The number of nitrogens with one attached hydrogen (secondary N) is 2. The number of likely N-dealkylation sites (N-methyl/N-ethyl adjacent to an activating group) is 1. The van der Waals surface area contributed by atoms with Gasteiger partial charge in [-0.3, -0.25) is 9.89 Å². The Morgan fingerprint density at radius 2 is 1.92 bits per heavy atom. The number of benzene rings is 1. The van der Waals surface area contributed by atoms with E-state index in [2.05, 4.69) is 44.8 Å². The molecule has 0 spiro atoms. The number of furan rings is 1. The Bertz CT molecular complexity index is 593. The number of guanidine groups is 1. The summed E-state index contributed by atoms with van der Waals surface area (Å²) in [7, 11) is 5.89. The first-order chi connectivity index (χ1) is 11.7. The normalized spacial score (nSPS) is 13.1. The van der Waals surface area contributed by atoms with E-state index >= 15 is 0 Å². The molecule has 0 aliphatic heterocycles. The van der Waals surface area contributed by atoms with Gasteiger partial charge in [-0.1, -0.05) is 30.3 Å². The zero-order valence-electron chi connectivity index (χ0n) is 14.8. The van der Waals surface area contributed by atoms with Crippen LogP contribution in [0.4, 0.5) is 0 Å². The molecule has 130 valence electrons. The smallest absolute Gasteiger partial charge is 0.191 e. The molecule has 1 atom stereocenters. The van der Waals surface area contributed by atoms with Crippen LogP contribution < -0.4 is 10.6 Å². The van der Waals surface area contributed by atoms with E-state index in [4.69, 9.17) is 4.42 Å². The van der Waals surface area contributed by atoms with Crippen molar-refractivity contribution in [2.45, 2.75) is 18.9 Å². The lowest BCUT2D eigenvalue weighted by molar-refractivity contribution is 0.258. The van der Waals surface area contributed by atoms with Gasteiger partial charge in [-0.15, -0.1) is 0 Å². The Morgan fingerprint density at radius 1 is 1.12 bits per heavy atom. The summed E-state index contributed by atoms with van der Waals surface area (Å²) in [5, 5.41) is 6.74. The maximum atomic E-state index is 5.53. The number of rotatable bonds is 8. The van der Waals surface area contributed by atoms with Gasteiger partial charge in [-0.25, -0.2) is 0 Å². The predicted octanol–water partition coefficient (Wildman–Crippen LogP) is 2.68. The van der Waals surface area contributed by atoms with Gasteiger partial charge in [-0.2, -0.15) is 0 Å².